The maximum atomic E-state index is 12.1. The van der Waals surface area contributed by atoms with Gasteiger partial charge in [0.05, 0.1) is 12.1 Å². The van der Waals surface area contributed by atoms with Crippen molar-refractivity contribution in [3.05, 3.63) is 46.2 Å². The number of rotatable bonds is 4. The normalized spacial score (nSPS) is 15.6. The molecule has 0 bridgehead atoms. The van der Waals surface area contributed by atoms with E-state index in [-0.39, 0.29) is 18.1 Å². The van der Waals surface area contributed by atoms with Gasteiger partial charge in [0.25, 0.3) is 0 Å². The topological polar surface area (TPSA) is 59.6 Å². The lowest BCUT2D eigenvalue weighted by Gasteiger charge is -2.21. The Morgan fingerprint density at radius 1 is 1.09 bits per heavy atom. The molecule has 2 atom stereocenters. The molecule has 1 aromatic carbocycles. The number of benzene rings is 1. The minimum absolute atomic E-state index is 0.0116. The number of amides is 2. The van der Waals surface area contributed by atoms with Gasteiger partial charge in [-0.05, 0) is 43.0 Å². The van der Waals surface area contributed by atoms with Crippen LogP contribution in [0.3, 0.4) is 0 Å². The standard InChI is InChI=1S/C17H20N2O3S/c1-11(13-5-6-14-15(10-13)22-8-7-21-14)18-17(20)19-12(2)16-4-3-9-23-16/h3-6,9-12H,7-8H2,1-2H3,(H2,18,19,20)/t11-,12-/m0/s1. The fourth-order valence-electron chi connectivity index (χ4n) is 2.46. The summed E-state index contributed by atoms with van der Waals surface area (Å²) in [5, 5.41) is 7.91. The molecule has 2 heterocycles. The van der Waals surface area contributed by atoms with Gasteiger partial charge in [0.15, 0.2) is 11.5 Å². The van der Waals surface area contributed by atoms with Crippen LogP contribution in [0.4, 0.5) is 4.79 Å². The summed E-state index contributed by atoms with van der Waals surface area (Å²) in [6.07, 6.45) is 0. The lowest BCUT2D eigenvalue weighted by molar-refractivity contribution is 0.171. The molecular weight excluding hydrogens is 312 g/mol. The van der Waals surface area contributed by atoms with E-state index in [1.54, 1.807) is 11.3 Å². The second-order valence-electron chi connectivity index (χ2n) is 5.48. The molecule has 0 unspecified atom stereocenters. The van der Waals surface area contributed by atoms with E-state index >= 15 is 0 Å². The Morgan fingerprint density at radius 2 is 1.83 bits per heavy atom. The number of carbonyl (C=O) groups excluding carboxylic acids is 1. The van der Waals surface area contributed by atoms with Gasteiger partial charge in [-0.2, -0.15) is 0 Å². The van der Waals surface area contributed by atoms with E-state index in [1.807, 2.05) is 49.6 Å². The lowest BCUT2D eigenvalue weighted by atomic mass is 10.1. The summed E-state index contributed by atoms with van der Waals surface area (Å²) in [6.45, 7) is 5.04. The molecule has 1 aliphatic rings. The van der Waals surface area contributed by atoms with Crippen molar-refractivity contribution in [2.75, 3.05) is 13.2 Å². The van der Waals surface area contributed by atoms with Crippen molar-refractivity contribution >= 4 is 17.4 Å². The highest BCUT2D eigenvalue weighted by Crippen LogP contribution is 2.32. The monoisotopic (exact) mass is 332 g/mol. The van der Waals surface area contributed by atoms with Crippen molar-refractivity contribution < 1.29 is 14.3 Å². The zero-order valence-electron chi connectivity index (χ0n) is 13.2. The van der Waals surface area contributed by atoms with Crippen molar-refractivity contribution in [3.63, 3.8) is 0 Å². The number of hydrogen-bond donors (Lipinski definition) is 2. The Bertz CT molecular complexity index is 672. The number of thiophene rings is 1. The van der Waals surface area contributed by atoms with Crippen LogP contribution in [0.15, 0.2) is 35.7 Å². The third kappa shape index (κ3) is 3.76. The minimum Gasteiger partial charge on any atom is -0.486 e. The summed E-state index contributed by atoms with van der Waals surface area (Å²) in [5.41, 5.74) is 0.980. The molecule has 0 spiro atoms. The molecule has 1 aromatic heterocycles. The Labute approximate surface area is 139 Å². The van der Waals surface area contributed by atoms with Gasteiger partial charge in [-0.15, -0.1) is 11.3 Å². The molecule has 122 valence electrons. The van der Waals surface area contributed by atoms with Gasteiger partial charge in [-0.1, -0.05) is 12.1 Å². The third-order valence-corrected chi connectivity index (χ3v) is 4.79. The van der Waals surface area contributed by atoms with Crippen molar-refractivity contribution in [2.45, 2.75) is 25.9 Å². The molecule has 0 fully saturated rings. The molecule has 5 nitrogen and oxygen atoms in total. The van der Waals surface area contributed by atoms with E-state index in [0.29, 0.717) is 13.2 Å². The average molecular weight is 332 g/mol. The predicted octanol–water partition coefficient (Wildman–Crippen LogP) is 3.64. The van der Waals surface area contributed by atoms with Crippen LogP contribution in [-0.2, 0) is 0 Å². The molecule has 0 radical (unpaired) electrons. The summed E-state index contributed by atoms with van der Waals surface area (Å²) in [6, 6.07) is 9.42. The molecule has 0 saturated heterocycles. The SMILES string of the molecule is C[C@H](NC(=O)N[C@@H](C)c1cccs1)c1ccc2c(c1)OCCO2. The minimum atomic E-state index is -0.187. The van der Waals surface area contributed by atoms with Crippen LogP contribution in [-0.4, -0.2) is 19.2 Å². The molecule has 1 aliphatic heterocycles. The van der Waals surface area contributed by atoms with Crippen molar-refractivity contribution in [1.82, 2.24) is 10.6 Å². The maximum Gasteiger partial charge on any atom is 0.315 e. The second-order valence-corrected chi connectivity index (χ2v) is 6.46. The van der Waals surface area contributed by atoms with Crippen LogP contribution >= 0.6 is 11.3 Å². The van der Waals surface area contributed by atoms with Crippen molar-refractivity contribution in [1.29, 1.82) is 0 Å². The molecule has 0 aliphatic carbocycles. The summed E-state index contributed by atoms with van der Waals surface area (Å²) in [4.78, 5) is 13.3. The van der Waals surface area contributed by atoms with Crippen LogP contribution in [0, 0.1) is 0 Å². The zero-order chi connectivity index (χ0) is 16.2. The van der Waals surface area contributed by atoms with Crippen LogP contribution < -0.4 is 20.1 Å². The van der Waals surface area contributed by atoms with Gasteiger partial charge in [0.2, 0.25) is 0 Å². The van der Waals surface area contributed by atoms with Crippen molar-refractivity contribution in [3.8, 4) is 11.5 Å². The summed E-state index contributed by atoms with van der Waals surface area (Å²) < 4.78 is 11.1. The first-order valence-electron chi connectivity index (χ1n) is 7.63. The van der Waals surface area contributed by atoms with E-state index in [0.717, 1.165) is 21.9 Å². The number of nitrogens with one attached hydrogen (secondary N) is 2. The summed E-state index contributed by atoms with van der Waals surface area (Å²) in [7, 11) is 0. The fourth-order valence-corrected chi connectivity index (χ4v) is 3.19. The van der Waals surface area contributed by atoms with E-state index in [4.69, 9.17) is 9.47 Å². The summed E-state index contributed by atoms with van der Waals surface area (Å²) >= 11 is 1.63. The van der Waals surface area contributed by atoms with Gasteiger partial charge in [-0.3, -0.25) is 0 Å². The van der Waals surface area contributed by atoms with Gasteiger partial charge in [-0.25, -0.2) is 4.79 Å². The number of ether oxygens (including phenoxy) is 2. The first-order chi connectivity index (χ1) is 11.1. The fraction of sp³-hybridized carbons (Fsp3) is 0.353. The molecular formula is C17H20N2O3S. The highest BCUT2D eigenvalue weighted by atomic mass is 32.1. The Hall–Kier alpha value is -2.21. The zero-order valence-corrected chi connectivity index (χ0v) is 14.0. The quantitative estimate of drug-likeness (QED) is 0.898. The Balaban J connectivity index is 1.60. The lowest BCUT2D eigenvalue weighted by Crippen LogP contribution is -2.38. The van der Waals surface area contributed by atoms with E-state index in [2.05, 4.69) is 10.6 Å². The van der Waals surface area contributed by atoms with Gasteiger partial charge >= 0.3 is 6.03 Å². The number of carbonyl (C=O) groups is 1. The van der Waals surface area contributed by atoms with Crippen LogP contribution in [0.25, 0.3) is 0 Å². The number of hydrogen-bond acceptors (Lipinski definition) is 4. The van der Waals surface area contributed by atoms with Crippen LogP contribution in [0.2, 0.25) is 0 Å². The van der Waals surface area contributed by atoms with Crippen LogP contribution in [0.1, 0.15) is 36.4 Å². The molecule has 0 saturated carbocycles. The first-order valence-corrected chi connectivity index (χ1v) is 8.51. The smallest absolute Gasteiger partial charge is 0.315 e. The first kappa shape index (κ1) is 15.7. The molecule has 3 rings (SSSR count). The number of fused-ring (bicyclic) bond motifs is 1. The largest absolute Gasteiger partial charge is 0.486 e. The van der Waals surface area contributed by atoms with Gasteiger partial charge in [0, 0.05) is 4.88 Å². The van der Waals surface area contributed by atoms with Gasteiger partial charge < -0.3 is 20.1 Å². The highest BCUT2D eigenvalue weighted by molar-refractivity contribution is 7.10. The highest BCUT2D eigenvalue weighted by Gasteiger charge is 2.17. The van der Waals surface area contributed by atoms with Gasteiger partial charge in [0.1, 0.15) is 13.2 Å². The average Bonchev–Trinajstić information content (AvgIpc) is 3.08. The Morgan fingerprint density at radius 3 is 2.57 bits per heavy atom. The molecule has 23 heavy (non-hydrogen) atoms. The van der Waals surface area contributed by atoms with E-state index in [1.165, 1.54) is 0 Å². The van der Waals surface area contributed by atoms with E-state index in [9.17, 15) is 4.79 Å². The third-order valence-electron chi connectivity index (χ3n) is 3.73. The molecule has 2 amide bonds. The Kier molecular flexibility index (Phi) is 4.71. The number of urea groups is 1. The molecule has 2 N–H and O–H groups in total. The van der Waals surface area contributed by atoms with Crippen molar-refractivity contribution in [2.24, 2.45) is 0 Å². The van der Waals surface area contributed by atoms with Crippen LogP contribution in [0.5, 0.6) is 11.5 Å². The molecule has 6 heteroatoms. The van der Waals surface area contributed by atoms with E-state index < -0.39 is 0 Å². The maximum absolute atomic E-state index is 12.1. The second kappa shape index (κ2) is 6.91. The molecule has 2 aromatic rings. The predicted molar refractivity (Wildman–Crippen MR) is 90.2 cm³/mol. The summed E-state index contributed by atoms with van der Waals surface area (Å²) in [5.74, 6) is 1.48.